The van der Waals surface area contributed by atoms with Gasteiger partial charge in [-0.3, -0.25) is 4.79 Å². The van der Waals surface area contributed by atoms with Gasteiger partial charge in [-0.1, -0.05) is 55.8 Å². The lowest BCUT2D eigenvalue weighted by Crippen LogP contribution is -2.49. The smallest absolute Gasteiger partial charge is 0.241 e. The van der Waals surface area contributed by atoms with Crippen LogP contribution in [0.15, 0.2) is 59.5 Å². The van der Waals surface area contributed by atoms with E-state index in [0.717, 1.165) is 5.56 Å². The summed E-state index contributed by atoms with van der Waals surface area (Å²) in [6, 6.07) is 14.5. The number of sulfonamides is 1. The lowest BCUT2D eigenvalue weighted by Gasteiger charge is -2.27. The molecule has 0 spiro atoms. The van der Waals surface area contributed by atoms with E-state index in [1.165, 1.54) is 29.2 Å². The molecule has 0 aliphatic carbocycles. The quantitative estimate of drug-likeness (QED) is 0.783. The van der Waals surface area contributed by atoms with Crippen molar-refractivity contribution < 1.29 is 13.2 Å². The van der Waals surface area contributed by atoms with Gasteiger partial charge in [0.1, 0.15) is 6.04 Å². The third kappa shape index (κ3) is 5.30. The summed E-state index contributed by atoms with van der Waals surface area (Å²) in [6.45, 7) is 4.03. The molecular formula is C19H23ClN2O3S. The molecule has 140 valence electrons. The maximum absolute atomic E-state index is 12.8. The highest BCUT2D eigenvalue weighted by molar-refractivity contribution is 7.89. The van der Waals surface area contributed by atoms with Crippen LogP contribution in [0.3, 0.4) is 0 Å². The van der Waals surface area contributed by atoms with Gasteiger partial charge in [-0.2, -0.15) is 4.72 Å². The number of carbonyl (C=O) groups excluding carboxylic acids is 1. The fraction of sp³-hybridized carbons (Fsp3) is 0.316. The number of hydrogen-bond acceptors (Lipinski definition) is 3. The van der Waals surface area contributed by atoms with Crippen LogP contribution in [0.2, 0.25) is 5.02 Å². The van der Waals surface area contributed by atoms with Crippen molar-refractivity contribution in [1.82, 2.24) is 9.62 Å². The molecule has 2 aromatic carbocycles. The second-order valence-electron chi connectivity index (χ2n) is 6.48. The Kier molecular flexibility index (Phi) is 6.81. The Bertz CT molecular complexity index is 837. The molecular weight excluding hydrogens is 372 g/mol. The normalized spacial score (nSPS) is 12.8. The fourth-order valence-corrected chi connectivity index (χ4v) is 3.96. The summed E-state index contributed by atoms with van der Waals surface area (Å²) < 4.78 is 27.8. The molecule has 2 aromatic rings. The number of benzene rings is 2. The first-order chi connectivity index (χ1) is 12.2. The van der Waals surface area contributed by atoms with Crippen molar-refractivity contribution in [3.63, 3.8) is 0 Å². The number of hydrogen-bond donors (Lipinski definition) is 1. The Hall–Kier alpha value is -1.89. The van der Waals surface area contributed by atoms with Gasteiger partial charge in [0.25, 0.3) is 0 Å². The summed E-state index contributed by atoms with van der Waals surface area (Å²) in [5.41, 5.74) is 0.978. The zero-order chi connectivity index (χ0) is 19.3. The highest BCUT2D eigenvalue weighted by Gasteiger charge is 2.30. The lowest BCUT2D eigenvalue weighted by atomic mass is 10.0. The van der Waals surface area contributed by atoms with Crippen LogP contribution in [0, 0.1) is 5.92 Å². The van der Waals surface area contributed by atoms with Crippen molar-refractivity contribution in [2.24, 2.45) is 5.92 Å². The van der Waals surface area contributed by atoms with E-state index < -0.39 is 16.1 Å². The van der Waals surface area contributed by atoms with Crippen LogP contribution in [0.5, 0.6) is 0 Å². The van der Waals surface area contributed by atoms with Gasteiger partial charge in [0.2, 0.25) is 15.9 Å². The average Bonchev–Trinajstić information content (AvgIpc) is 2.60. The van der Waals surface area contributed by atoms with Crippen LogP contribution in [-0.4, -0.2) is 32.3 Å². The Labute approximate surface area is 160 Å². The Balaban J connectivity index is 2.17. The summed E-state index contributed by atoms with van der Waals surface area (Å²) in [5.74, 6) is -0.482. The molecule has 0 heterocycles. The van der Waals surface area contributed by atoms with Crippen molar-refractivity contribution in [3.05, 3.63) is 65.2 Å². The number of carbonyl (C=O) groups is 1. The van der Waals surface area contributed by atoms with Gasteiger partial charge in [0.15, 0.2) is 0 Å². The molecule has 2 rings (SSSR count). The third-order valence-corrected chi connectivity index (χ3v) is 5.69. The predicted molar refractivity (Wildman–Crippen MR) is 103 cm³/mol. The van der Waals surface area contributed by atoms with Gasteiger partial charge in [-0.25, -0.2) is 8.42 Å². The molecule has 7 heteroatoms. The van der Waals surface area contributed by atoms with E-state index >= 15 is 0 Å². The molecule has 0 aliphatic heterocycles. The van der Waals surface area contributed by atoms with Crippen LogP contribution in [0.25, 0.3) is 0 Å². The Morgan fingerprint density at radius 1 is 1.08 bits per heavy atom. The van der Waals surface area contributed by atoms with E-state index in [4.69, 9.17) is 11.6 Å². The average molecular weight is 395 g/mol. The van der Waals surface area contributed by atoms with Crippen molar-refractivity contribution >= 4 is 27.5 Å². The van der Waals surface area contributed by atoms with E-state index in [0.29, 0.717) is 11.6 Å². The summed E-state index contributed by atoms with van der Waals surface area (Å²) in [6.07, 6.45) is 0. The number of halogens is 1. The first-order valence-electron chi connectivity index (χ1n) is 8.27. The standard InChI is InChI=1S/C19H23ClN2O3S/c1-14(2)18(19(23)22(3)13-15-7-5-4-6-8-15)21-26(24,25)17-11-9-16(20)10-12-17/h4-12,14,18,21H,13H2,1-3H3/t18-/m0/s1. The molecule has 0 saturated carbocycles. The topological polar surface area (TPSA) is 66.5 Å². The molecule has 0 fully saturated rings. The van der Waals surface area contributed by atoms with Crippen LogP contribution in [0.1, 0.15) is 19.4 Å². The van der Waals surface area contributed by atoms with E-state index in [1.54, 1.807) is 7.05 Å². The summed E-state index contributed by atoms with van der Waals surface area (Å²) in [5, 5.41) is 0.447. The van der Waals surface area contributed by atoms with E-state index in [9.17, 15) is 13.2 Å². The van der Waals surface area contributed by atoms with Crippen LogP contribution in [-0.2, 0) is 21.4 Å². The van der Waals surface area contributed by atoms with E-state index in [-0.39, 0.29) is 16.7 Å². The van der Waals surface area contributed by atoms with Gasteiger partial charge < -0.3 is 4.90 Å². The van der Waals surface area contributed by atoms with Gasteiger partial charge in [0, 0.05) is 18.6 Å². The van der Waals surface area contributed by atoms with Crippen molar-refractivity contribution in [2.75, 3.05) is 7.05 Å². The zero-order valence-corrected chi connectivity index (χ0v) is 16.6. The highest BCUT2D eigenvalue weighted by atomic mass is 35.5. The molecule has 1 amide bonds. The second kappa shape index (κ2) is 8.66. The second-order valence-corrected chi connectivity index (χ2v) is 8.63. The minimum Gasteiger partial charge on any atom is -0.340 e. The molecule has 1 atom stereocenters. The van der Waals surface area contributed by atoms with Gasteiger partial charge >= 0.3 is 0 Å². The van der Waals surface area contributed by atoms with Gasteiger partial charge in [0.05, 0.1) is 4.90 Å². The van der Waals surface area contributed by atoms with Crippen LogP contribution >= 0.6 is 11.6 Å². The monoisotopic (exact) mass is 394 g/mol. The summed E-state index contributed by atoms with van der Waals surface area (Å²) in [4.78, 5) is 14.4. The molecule has 0 unspecified atom stereocenters. The van der Waals surface area contributed by atoms with Crippen LogP contribution in [0.4, 0.5) is 0 Å². The molecule has 1 N–H and O–H groups in total. The molecule has 5 nitrogen and oxygen atoms in total. The predicted octanol–water partition coefficient (Wildman–Crippen LogP) is 3.30. The van der Waals surface area contributed by atoms with Gasteiger partial charge in [-0.05, 0) is 35.7 Å². The SMILES string of the molecule is CC(C)[C@H](NS(=O)(=O)c1ccc(Cl)cc1)C(=O)N(C)Cc1ccccc1. The Morgan fingerprint density at radius 2 is 1.65 bits per heavy atom. The minimum absolute atomic E-state index is 0.0751. The lowest BCUT2D eigenvalue weighted by molar-refractivity contribution is -0.133. The number of nitrogens with one attached hydrogen (secondary N) is 1. The molecule has 0 aliphatic rings. The molecule has 26 heavy (non-hydrogen) atoms. The number of amides is 1. The molecule has 0 aromatic heterocycles. The van der Waals surface area contributed by atoms with E-state index in [1.807, 2.05) is 44.2 Å². The first-order valence-corrected chi connectivity index (χ1v) is 10.1. The molecule has 0 bridgehead atoms. The first kappa shape index (κ1) is 20.4. The van der Waals surface area contributed by atoms with Crippen molar-refractivity contribution in [3.8, 4) is 0 Å². The number of likely N-dealkylation sites (N-methyl/N-ethyl adjacent to an activating group) is 1. The number of rotatable bonds is 7. The summed E-state index contributed by atoms with van der Waals surface area (Å²) in [7, 11) is -2.16. The molecule has 0 radical (unpaired) electrons. The molecule has 0 saturated heterocycles. The maximum Gasteiger partial charge on any atom is 0.241 e. The fourth-order valence-electron chi connectivity index (χ4n) is 2.49. The highest BCUT2D eigenvalue weighted by Crippen LogP contribution is 2.17. The van der Waals surface area contributed by atoms with Crippen LogP contribution < -0.4 is 4.72 Å². The zero-order valence-electron chi connectivity index (χ0n) is 15.0. The van der Waals surface area contributed by atoms with E-state index in [2.05, 4.69) is 4.72 Å². The minimum atomic E-state index is -3.83. The van der Waals surface area contributed by atoms with Crippen molar-refractivity contribution in [2.45, 2.75) is 31.3 Å². The Morgan fingerprint density at radius 3 is 2.19 bits per heavy atom. The summed E-state index contributed by atoms with van der Waals surface area (Å²) >= 11 is 5.81. The number of nitrogens with zero attached hydrogens (tertiary/aromatic N) is 1. The third-order valence-electron chi connectivity index (χ3n) is 3.98. The maximum atomic E-state index is 12.8. The van der Waals surface area contributed by atoms with Gasteiger partial charge in [-0.15, -0.1) is 0 Å². The largest absolute Gasteiger partial charge is 0.340 e. The van der Waals surface area contributed by atoms with Crippen molar-refractivity contribution in [1.29, 1.82) is 0 Å².